The number of nitrogens with zero attached hydrogens (tertiary/aromatic N) is 1. The molecule has 5 nitrogen and oxygen atoms in total. The highest BCUT2D eigenvalue weighted by Crippen LogP contribution is 2.24. The summed E-state index contributed by atoms with van der Waals surface area (Å²) in [5.41, 5.74) is 1.70. The number of halogens is 1. The number of hydrogen-bond acceptors (Lipinski definition) is 3. The van der Waals surface area contributed by atoms with Crippen molar-refractivity contribution in [1.82, 2.24) is 4.31 Å². The van der Waals surface area contributed by atoms with Crippen LogP contribution in [0.2, 0.25) is 0 Å². The molecule has 1 aliphatic heterocycles. The van der Waals surface area contributed by atoms with E-state index in [2.05, 4.69) is 21.2 Å². The van der Waals surface area contributed by atoms with Crippen LogP contribution in [0.5, 0.6) is 0 Å². The number of carbonyl (C=O) groups excluding carboxylic acids is 1. The van der Waals surface area contributed by atoms with E-state index in [9.17, 15) is 13.2 Å². The van der Waals surface area contributed by atoms with Gasteiger partial charge in [-0.25, -0.2) is 8.42 Å². The molecule has 1 fully saturated rings. The second kappa shape index (κ2) is 7.10. The molecule has 1 aliphatic rings. The van der Waals surface area contributed by atoms with Crippen molar-refractivity contribution in [3.63, 3.8) is 0 Å². The van der Waals surface area contributed by atoms with Crippen LogP contribution in [0.4, 0.5) is 5.69 Å². The summed E-state index contributed by atoms with van der Waals surface area (Å²) in [4.78, 5) is 12.4. The van der Waals surface area contributed by atoms with E-state index in [-0.39, 0.29) is 11.7 Å². The van der Waals surface area contributed by atoms with Crippen molar-refractivity contribution in [2.24, 2.45) is 0 Å². The molecule has 1 N–H and O–H groups in total. The second-order valence-electron chi connectivity index (χ2n) is 5.54. The first kappa shape index (κ1) is 17.4. The van der Waals surface area contributed by atoms with Gasteiger partial charge >= 0.3 is 0 Å². The van der Waals surface area contributed by atoms with Crippen molar-refractivity contribution in [3.05, 3.63) is 28.2 Å². The molecule has 22 heavy (non-hydrogen) atoms. The van der Waals surface area contributed by atoms with Gasteiger partial charge in [0.15, 0.2) is 0 Å². The number of nitrogens with one attached hydrogen (secondary N) is 1. The maximum Gasteiger partial charge on any atom is 0.242 e. The fourth-order valence-electron chi connectivity index (χ4n) is 2.66. The minimum Gasteiger partial charge on any atom is -0.325 e. The minimum atomic E-state index is -3.35. The van der Waals surface area contributed by atoms with Gasteiger partial charge in [0.2, 0.25) is 15.9 Å². The van der Waals surface area contributed by atoms with Gasteiger partial charge in [-0.1, -0.05) is 22.9 Å². The van der Waals surface area contributed by atoms with Crippen LogP contribution >= 0.6 is 15.9 Å². The number of amides is 1. The van der Waals surface area contributed by atoms with Gasteiger partial charge in [-0.2, -0.15) is 4.31 Å². The van der Waals surface area contributed by atoms with Crippen molar-refractivity contribution >= 4 is 37.5 Å². The molecule has 1 amide bonds. The van der Waals surface area contributed by atoms with Crippen LogP contribution in [-0.4, -0.2) is 37.0 Å². The number of sulfonamides is 1. The molecule has 0 aromatic heterocycles. The van der Waals surface area contributed by atoms with E-state index in [0.29, 0.717) is 25.1 Å². The van der Waals surface area contributed by atoms with Crippen molar-refractivity contribution in [2.45, 2.75) is 39.2 Å². The standard InChI is InChI=1S/C15H21BrN2O3S/c1-3-9-22(20,21)18-8-4-5-14(18)15(19)17-12-6-7-13(16)11(2)10-12/h6-7,10,14H,3-5,8-9H2,1-2H3,(H,17,19). The van der Waals surface area contributed by atoms with Crippen molar-refractivity contribution in [2.75, 3.05) is 17.6 Å². The van der Waals surface area contributed by atoms with Crippen LogP contribution in [0.15, 0.2) is 22.7 Å². The number of carbonyl (C=O) groups is 1. The van der Waals surface area contributed by atoms with Crippen molar-refractivity contribution in [3.8, 4) is 0 Å². The zero-order valence-corrected chi connectivity index (χ0v) is 15.2. The molecule has 1 unspecified atom stereocenters. The number of hydrogen-bond donors (Lipinski definition) is 1. The second-order valence-corrected chi connectivity index (χ2v) is 8.43. The van der Waals surface area contributed by atoms with Gasteiger partial charge in [-0.3, -0.25) is 4.79 Å². The van der Waals surface area contributed by atoms with E-state index >= 15 is 0 Å². The molecule has 1 saturated heterocycles. The predicted molar refractivity (Wildman–Crippen MR) is 91.3 cm³/mol. The average molecular weight is 389 g/mol. The first-order valence-corrected chi connectivity index (χ1v) is 9.82. The number of rotatable bonds is 5. The summed E-state index contributed by atoms with van der Waals surface area (Å²) in [5, 5.41) is 2.83. The Kier molecular flexibility index (Phi) is 5.63. The molecular formula is C15H21BrN2O3S. The summed E-state index contributed by atoms with van der Waals surface area (Å²) >= 11 is 3.41. The highest BCUT2D eigenvalue weighted by Gasteiger charge is 2.38. The van der Waals surface area contributed by atoms with E-state index in [0.717, 1.165) is 16.5 Å². The molecule has 122 valence electrons. The molecule has 0 aliphatic carbocycles. The van der Waals surface area contributed by atoms with Crippen LogP contribution in [0.25, 0.3) is 0 Å². The Labute approximate surface area is 140 Å². The highest BCUT2D eigenvalue weighted by atomic mass is 79.9. The van der Waals surface area contributed by atoms with Gasteiger partial charge in [0, 0.05) is 16.7 Å². The van der Waals surface area contributed by atoms with Gasteiger partial charge in [0.1, 0.15) is 6.04 Å². The van der Waals surface area contributed by atoms with E-state index < -0.39 is 16.1 Å². The van der Waals surface area contributed by atoms with E-state index in [1.54, 1.807) is 6.07 Å². The fraction of sp³-hybridized carbons (Fsp3) is 0.533. The van der Waals surface area contributed by atoms with Gasteiger partial charge in [0.25, 0.3) is 0 Å². The Morgan fingerprint density at radius 2 is 2.18 bits per heavy atom. The largest absolute Gasteiger partial charge is 0.325 e. The summed E-state index contributed by atoms with van der Waals surface area (Å²) in [7, 11) is -3.35. The Balaban J connectivity index is 2.12. The quantitative estimate of drug-likeness (QED) is 0.842. The first-order chi connectivity index (χ1) is 10.3. The number of benzene rings is 1. The summed E-state index contributed by atoms with van der Waals surface area (Å²) < 4.78 is 26.8. The maximum absolute atomic E-state index is 12.4. The third-order valence-electron chi connectivity index (χ3n) is 3.75. The molecular weight excluding hydrogens is 368 g/mol. The van der Waals surface area contributed by atoms with Crippen LogP contribution in [0.3, 0.4) is 0 Å². The minimum absolute atomic E-state index is 0.0914. The highest BCUT2D eigenvalue weighted by molar-refractivity contribution is 9.10. The maximum atomic E-state index is 12.4. The molecule has 0 spiro atoms. The zero-order valence-electron chi connectivity index (χ0n) is 12.8. The van der Waals surface area contributed by atoms with E-state index in [4.69, 9.17) is 0 Å². The lowest BCUT2D eigenvalue weighted by Gasteiger charge is -2.23. The summed E-state index contributed by atoms with van der Waals surface area (Å²) in [6.07, 6.45) is 1.85. The summed E-state index contributed by atoms with van der Waals surface area (Å²) in [6, 6.07) is 4.93. The van der Waals surface area contributed by atoms with Gasteiger partial charge in [0.05, 0.1) is 5.75 Å². The van der Waals surface area contributed by atoms with Gasteiger partial charge in [-0.05, 0) is 49.9 Å². The summed E-state index contributed by atoms with van der Waals surface area (Å²) in [6.45, 7) is 4.19. The lowest BCUT2D eigenvalue weighted by atomic mass is 10.2. The molecule has 0 saturated carbocycles. The Hall–Kier alpha value is -0.920. The first-order valence-electron chi connectivity index (χ1n) is 7.41. The fourth-order valence-corrected chi connectivity index (χ4v) is 4.65. The van der Waals surface area contributed by atoms with Crippen LogP contribution in [0, 0.1) is 6.92 Å². The normalized spacial score (nSPS) is 19.3. The molecule has 1 atom stereocenters. The SMILES string of the molecule is CCCS(=O)(=O)N1CCCC1C(=O)Nc1ccc(Br)c(C)c1. The molecule has 0 bridgehead atoms. The average Bonchev–Trinajstić information content (AvgIpc) is 2.93. The van der Waals surface area contributed by atoms with E-state index in [1.807, 2.05) is 26.0 Å². The molecule has 1 heterocycles. The van der Waals surface area contributed by atoms with E-state index in [1.165, 1.54) is 4.31 Å². The molecule has 1 aromatic carbocycles. The monoisotopic (exact) mass is 388 g/mol. The lowest BCUT2D eigenvalue weighted by molar-refractivity contribution is -0.119. The topological polar surface area (TPSA) is 66.5 Å². The van der Waals surface area contributed by atoms with Crippen molar-refractivity contribution in [1.29, 1.82) is 0 Å². The smallest absolute Gasteiger partial charge is 0.242 e. The third kappa shape index (κ3) is 3.88. The Bertz CT molecular complexity index is 661. The summed E-state index contributed by atoms with van der Waals surface area (Å²) in [5.74, 6) is -0.160. The van der Waals surface area contributed by atoms with Gasteiger partial charge < -0.3 is 5.32 Å². The molecule has 2 rings (SSSR count). The van der Waals surface area contributed by atoms with Crippen LogP contribution < -0.4 is 5.32 Å². The Morgan fingerprint density at radius 3 is 2.82 bits per heavy atom. The van der Waals surface area contributed by atoms with Crippen LogP contribution in [-0.2, 0) is 14.8 Å². The number of anilines is 1. The van der Waals surface area contributed by atoms with Gasteiger partial charge in [-0.15, -0.1) is 0 Å². The Morgan fingerprint density at radius 1 is 1.45 bits per heavy atom. The third-order valence-corrected chi connectivity index (χ3v) is 6.72. The predicted octanol–water partition coefficient (Wildman–Crippen LogP) is 2.90. The molecule has 1 aromatic rings. The lowest BCUT2D eigenvalue weighted by Crippen LogP contribution is -2.44. The zero-order chi connectivity index (χ0) is 16.3. The van der Waals surface area contributed by atoms with Crippen molar-refractivity contribution < 1.29 is 13.2 Å². The molecule has 0 radical (unpaired) electrons. The van der Waals surface area contributed by atoms with Crippen LogP contribution in [0.1, 0.15) is 31.7 Å². The number of aryl methyl sites for hydroxylation is 1. The molecule has 7 heteroatoms.